The van der Waals surface area contributed by atoms with Crippen LogP contribution in [0.2, 0.25) is 0 Å². The smallest absolute Gasteiger partial charge is 0.238 e. The van der Waals surface area contributed by atoms with Crippen LogP contribution in [0.25, 0.3) is 0 Å². The number of ketones is 1. The topological polar surface area (TPSA) is 106 Å². The minimum absolute atomic E-state index is 0.0200. The SMILES string of the molecule is Cc1ccc(C(=O)CCC(=O)NCc2ccc(S(N)(=O)=O)cc2)cc1C. The zero-order valence-electron chi connectivity index (χ0n) is 14.8. The molecule has 0 bridgehead atoms. The number of hydrogen-bond acceptors (Lipinski definition) is 4. The highest BCUT2D eigenvalue weighted by Crippen LogP contribution is 2.13. The number of carbonyl (C=O) groups is 2. The van der Waals surface area contributed by atoms with Gasteiger partial charge < -0.3 is 5.32 Å². The van der Waals surface area contributed by atoms with Crippen molar-refractivity contribution in [1.82, 2.24) is 5.32 Å². The lowest BCUT2D eigenvalue weighted by atomic mass is 10.0. The van der Waals surface area contributed by atoms with Gasteiger partial charge in [0.15, 0.2) is 5.78 Å². The van der Waals surface area contributed by atoms with Gasteiger partial charge in [0, 0.05) is 24.9 Å². The molecule has 0 aliphatic carbocycles. The highest BCUT2D eigenvalue weighted by Gasteiger charge is 2.11. The third-order valence-electron chi connectivity index (χ3n) is 4.15. The summed E-state index contributed by atoms with van der Waals surface area (Å²) in [6, 6.07) is 11.5. The van der Waals surface area contributed by atoms with Crippen LogP contribution in [-0.2, 0) is 21.4 Å². The average Bonchev–Trinajstić information content (AvgIpc) is 2.59. The molecule has 0 unspecified atom stereocenters. The average molecular weight is 374 g/mol. The number of sulfonamides is 1. The van der Waals surface area contributed by atoms with Gasteiger partial charge in [0.1, 0.15) is 0 Å². The summed E-state index contributed by atoms with van der Waals surface area (Å²) in [5.74, 6) is -0.307. The fourth-order valence-corrected chi connectivity index (χ4v) is 2.89. The molecule has 26 heavy (non-hydrogen) atoms. The molecular weight excluding hydrogens is 352 g/mol. The molecule has 138 valence electrons. The van der Waals surface area contributed by atoms with E-state index in [1.807, 2.05) is 26.0 Å². The van der Waals surface area contributed by atoms with E-state index in [1.165, 1.54) is 12.1 Å². The molecule has 0 fully saturated rings. The van der Waals surface area contributed by atoms with Gasteiger partial charge in [0.05, 0.1) is 4.90 Å². The number of nitrogens with one attached hydrogen (secondary N) is 1. The molecule has 6 nitrogen and oxygen atoms in total. The molecule has 1 amide bonds. The maximum Gasteiger partial charge on any atom is 0.238 e. The predicted octanol–water partition coefficient (Wildman–Crippen LogP) is 2.23. The van der Waals surface area contributed by atoms with Crippen LogP contribution in [0, 0.1) is 13.8 Å². The minimum atomic E-state index is -3.73. The number of primary sulfonamides is 1. The molecule has 2 rings (SSSR count). The van der Waals surface area contributed by atoms with Gasteiger partial charge in [-0.25, -0.2) is 13.6 Å². The van der Waals surface area contributed by atoms with Crippen molar-refractivity contribution in [2.45, 2.75) is 38.1 Å². The van der Waals surface area contributed by atoms with E-state index in [-0.39, 0.29) is 36.0 Å². The Balaban J connectivity index is 1.83. The molecule has 0 aliphatic heterocycles. The summed E-state index contributed by atoms with van der Waals surface area (Å²) in [7, 11) is -3.73. The van der Waals surface area contributed by atoms with Crippen LogP contribution in [0.1, 0.15) is 39.9 Å². The van der Waals surface area contributed by atoms with Crippen molar-refractivity contribution >= 4 is 21.7 Å². The Hall–Kier alpha value is -2.51. The first-order chi connectivity index (χ1) is 12.2. The lowest BCUT2D eigenvalue weighted by molar-refractivity contribution is -0.121. The van der Waals surface area contributed by atoms with Crippen LogP contribution < -0.4 is 10.5 Å². The van der Waals surface area contributed by atoms with Gasteiger partial charge in [0.25, 0.3) is 0 Å². The number of carbonyl (C=O) groups excluding carboxylic acids is 2. The maximum absolute atomic E-state index is 12.2. The first-order valence-corrected chi connectivity index (χ1v) is 9.70. The van der Waals surface area contributed by atoms with E-state index in [1.54, 1.807) is 18.2 Å². The molecule has 0 heterocycles. The highest BCUT2D eigenvalue weighted by molar-refractivity contribution is 7.89. The number of benzene rings is 2. The molecule has 3 N–H and O–H groups in total. The summed E-state index contributed by atoms with van der Waals surface area (Å²) in [4.78, 5) is 24.1. The second-order valence-electron chi connectivity index (χ2n) is 6.19. The van der Waals surface area contributed by atoms with Crippen molar-refractivity contribution in [2.75, 3.05) is 0 Å². The molecule has 0 atom stereocenters. The summed E-state index contributed by atoms with van der Waals surface area (Å²) in [6.07, 6.45) is 0.236. The minimum Gasteiger partial charge on any atom is -0.352 e. The molecule has 0 aromatic heterocycles. The predicted molar refractivity (Wildman–Crippen MR) is 99.1 cm³/mol. The molecule has 0 saturated carbocycles. The molecule has 0 spiro atoms. The third kappa shape index (κ3) is 5.50. The molecule has 0 radical (unpaired) electrons. The Morgan fingerprint density at radius 2 is 1.62 bits per heavy atom. The molecule has 7 heteroatoms. The highest BCUT2D eigenvalue weighted by atomic mass is 32.2. The lowest BCUT2D eigenvalue weighted by Gasteiger charge is -2.07. The zero-order chi connectivity index (χ0) is 19.3. The van der Waals surface area contributed by atoms with Crippen LogP contribution in [0.5, 0.6) is 0 Å². The largest absolute Gasteiger partial charge is 0.352 e. The summed E-state index contributed by atoms with van der Waals surface area (Å²) < 4.78 is 22.4. The van der Waals surface area contributed by atoms with Crippen LogP contribution in [0.15, 0.2) is 47.4 Å². The number of amides is 1. The number of hydrogen-bond donors (Lipinski definition) is 2. The standard InChI is InChI=1S/C19H22N2O4S/c1-13-3-6-16(11-14(13)2)18(22)9-10-19(23)21-12-15-4-7-17(8-5-15)26(20,24)25/h3-8,11H,9-10,12H2,1-2H3,(H,21,23)(H2,20,24,25). The molecule has 2 aromatic rings. The van der Waals surface area contributed by atoms with Gasteiger partial charge in [-0.1, -0.05) is 24.3 Å². The van der Waals surface area contributed by atoms with E-state index >= 15 is 0 Å². The quantitative estimate of drug-likeness (QED) is 0.725. The Bertz CT molecular complexity index is 919. The second-order valence-corrected chi connectivity index (χ2v) is 7.75. The van der Waals surface area contributed by atoms with E-state index in [4.69, 9.17) is 5.14 Å². The van der Waals surface area contributed by atoms with Crippen LogP contribution in [-0.4, -0.2) is 20.1 Å². The van der Waals surface area contributed by atoms with Gasteiger partial charge in [-0.15, -0.1) is 0 Å². The van der Waals surface area contributed by atoms with Gasteiger partial charge in [-0.2, -0.15) is 0 Å². The first-order valence-electron chi connectivity index (χ1n) is 8.16. The molecule has 0 aliphatic rings. The molecule has 2 aromatic carbocycles. The monoisotopic (exact) mass is 374 g/mol. The fraction of sp³-hybridized carbons (Fsp3) is 0.263. The summed E-state index contributed by atoms with van der Waals surface area (Å²) in [5.41, 5.74) is 3.52. The third-order valence-corrected chi connectivity index (χ3v) is 5.08. The van der Waals surface area contributed by atoms with Crippen molar-refractivity contribution < 1.29 is 18.0 Å². The number of rotatable bonds is 7. The van der Waals surface area contributed by atoms with E-state index < -0.39 is 10.0 Å². The van der Waals surface area contributed by atoms with Crippen molar-refractivity contribution in [3.8, 4) is 0 Å². The Morgan fingerprint density at radius 3 is 2.19 bits per heavy atom. The fourth-order valence-electron chi connectivity index (χ4n) is 2.37. The zero-order valence-corrected chi connectivity index (χ0v) is 15.6. The van der Waals surface area contributed by atoms with E-state index in [0.717, 1.165) is 16.7 Å². The lowest BCUT2D eigenvalue weighted by Crippen LogP contribution is -2.23. The van der Waals surface area contributed by atoms with Gasteiger partial charge in [-0.3, -0.25) is 9.59 Å². The van der Waals surface area contributed by atoms with Gasteiger partial charge in [-0.05, 0) is 48.7 Å². The number of nitrogens with two attached hydrogens (primary N) is 1. The van der Waals surface area contributed by atoms with Crippen LogP contribution in [0.4, 0.5) is 0 Å². The van der Waals surface area contributed by atoms with E-state index in [2.05, 4.69) is 5.32 Å². The Labute approximate surface area is 153 Å². The van der Waals surface area contributed by atoms with E-state index in [9.17, 15) is 18.0 Å². The summed E-state index contributed by atoms with van der Waals surface area (Å²) in [5, 5.41) is 7.75. The second kappa shape index (κ2) is 8.25. The Morgan fingerprint density at radius 1 is 0.962 bits per heavy atom. The molecule has 0 saturated heterocycles. The van der Waals surface area contributed by atoms with Crippen molar-refractivity contribution in [2.24, 2.45) is 5.14 Å². The number of Topliss-reactive ketones (excluding diaryl/α,β-unsaturated/α-hetero) is 1. The van der Waals surface area contributed by atoms with E-state index in [0.29, 0.717) is 5.56 Å². The molecular formula is C19H22N2O4S. The summed E-state index contributed by atoms with van der Waals surface area (Å²) in [6.45, 7) is 4.17. The van der Waals surface area contributed by atoms with Crippen LogP contribution >= 0.6 is 0 Å². The van der Waals surface area contributed by atoms with Gasteiger partial charge >= 0.3 is 0 Å². The van der Waals surface area contributed by atoms with Crippen molar-refractivity contribution in [3.63, 3.8) is 0 Å². The Kier molecular flexibility index (Phi) is 6.28. The van der Waals surface area contributed by atoms with Crippen molar-refractivity contribution in [1.29, 1.82) is 0 Å². The maximum atomic E-state index is 12.2. The van der Waals surface area contributed by atoms with Crippen molar-refractivity contribution in [3.05, 3.63) is 64.7 Å². The normalized spacial score (nSPS) is 11.2. The first kappa shape index (κ1) is 19.8. The van der Waals surface area contributed by atoms with Gasteiger partial charge in [0.2, 0.25) is 15.9 Å². The summed E-state index contributed by atoms with van der Waals surface area (Å²) >= 11 is 0. The number of aryl methyl sites for hydroxylation is 2. The van der Waals surface area contributed by atoms with Crippen LogP contribution in [0.3, 0.4) is 0 Å².